The Hall–Kier alpha value is -2.75. The van der Waals surface area contributed by atoms with E-state index in [0.29, 0.717) is 16.7 Å². The monoisotopic (exact) mass is 360 g/mol. The summed E-state index contributed by atoms with van der Waals surface area (Å²) in [6.07, 6.45) is 3.73. The van der Waals surface area contributed by atoms with Crippen LogP contribution in [-0.2, 0) is 25.4 Å². The van der Waals surface area contributed by atoms with Gasteiger partial charge >= 0.3 is 5.69 Å². The van der Waals surface area contributed by atoms with Crippen LogP contribution in [0.3, 0.4) is 0 Å². The molecule has 1 amide bonds. The van der Waals surface area contributed by atoms with Crippen molar-refractivity contribution in [3.05, 3.63) is 38.2 Å². The quantitative estimate of drug-likeness (QED) is 0.726. The van der Waals surface area contributed by atoms with Gasteiger partial charge in [-0.25, -0.2) is 19.3 Å². The van der Waals surface area contributed by atoms with E-state index in [1.807, 2.05) is 5.38 Å². The second-order valence-corrected chi connectivity index (χ2v) is 7.02. The molecule has 4 rings (SSSR count). The Bertz CT molecular complexity index is 1100. The van der Waals surface area contributed by atoms with E-state index in [2.05, 4.69) is 15.3 Å². The number of anilines is 1. The summed E-state index contributed by atoms with van der Waals surface area (Å²) < 4.78 is 3.71. The van der Waals surface area contributed by atoms with Gasteiger partial charge in [0.15, 0.2) is 16.3 Å². The number of amides is 1. The topological polar surface area (TPSA) is 104 Å². The Morgan fingerprint density at radius 1 is 1.36 bits per heavy atom. The first-order valence-corrected chi connectivity index (χ1v) is 8.70. The fourth-order valence-corrected chi connectivity index (χ4v) is 3.56. The average Bonchev–Trinajstić information content (AvgIpc) is 3.21. The van der Waals surface area contributed by atoms with E-state index >= 15 is 0 Å². The molecule has 0 saturated heterocycles. The number of carbonyl (C=O) groups is 1. The van der Waals surface area contributed by atoms with Crippen molar-refractivity contribution in [1.29, 1.82) is 0 Å². The van der Waals surface area contributed by atoms with Crippen molar-refractivity contribution >= 4 is 33.5 Å². The molecule has 1 N–H and O–H groups in total. The molecule has 1 aliphatic carbocycles. The van der Waals surface area contributed by atoms with Gasteiger partial charge in [-0.15, -0.1) is 11.3 Å². The van der Waals surface area contributed by atoms with Crippen molar-refractivity contribution in [3.8, 4) is 0 Å². The molecule has 0 aliphatic heterocycles. The number of aryl methyl sites for hydroxylation is 2. The molecule has 0 aromatic carbocycles. The highest BCUT2D eigenvalue weighted by atomic mass is 32.1. The number of imidazole rings is 1. The number of aromatic nitrogens is 5. The van der Waals surface area contributed by atoms with Crippen molar-refractivity contribution < 1.29 is 4.79 Å². The summed E-state index contributed by atoms with van der Waals surface area (Å²) in [7, 11) is 3.19. The summed E-state index contributed by atoms with van der Waals surface area (Å²) >= 11 is 1.35. The van der Waals surface area contributed by atoms with Gasteiger partial charge in [-0.1, -0.05) is 0 Å². The first-order valence-electron chi connectivity index (χ1n) is 7.82. The summed E-state index contributed by atoms with van der Waals surface area (Å²) in [6, 6.07) is 0. The zero-order valence-electron chi connectivity index (χ0n) is 13.7. The fourth-order valence-electron chi connectivity index (χ4n) is 2.75. The minimum Gasteiger partial charge on any atom is -0.328 e. The summed E-state index contributed by atoms with van der Waals surface area (Å²) in [5.74, 6) is 0.0430. The highest BCUT2D eigenvalue weighted by Crippen LogP contribution is 2.40. The van der Waals surface area contributed by atoms with Crippen LogP contribution < -0.4 is 16.6 Å². The van der Waals surface area contributed by atoms with E-state index in [1.165, 1.54) is 33.8 Å². The largest absolute Gasteiger partial charge is 0.332 e. The van der Waals surface area contributed by atoms with Gasteiger partial charge in [-0.05, 0) is 12.8 Å². The van der Waals surface area contributed by atoms with E-state index in [9.17, 15) is 14.4 Å². The molecule has 3 aromatic rings. The van der Waals surface area contributed by atoms with Gasteiger partial charge in [0.25, 0.3) is 5.56 Å². The molecule has 0 spiro atoms. The van der Waals surface area contributed by atoms with Crippen LogP contribution in [-0.4, -0.2) is 29.6 Å². The highest BCUT2D eigenvalue weighted by Gasteiger charge is 2.26. The van der Waals surface area contributed by atoms with Crippen molar-refractivity contribution in [1.82, 2.24) is 23.7 Å². The minimum absolute atomic E-state index is 0.278. The molecule has 9 nitrogen and oxygen atoms in total. The molecule has 130 valence electrons. The van der Waals surface area contributed by atoms with Crippen molar-refractivity contribution in [3.63, 3.8) is 0 Å². The minimum atomic E-state index is -0.579. The van der Waals surface area contributed by atoms with Gasteiger partial charge < -0.3 is 9.88 Å². The molecular weight excluding hydrogens is 344 g/mol. The molecule has 1 aliphatic rings. The molecule has 3 heterocycles. The first-order chi connectivity index (χ1) is 12.0. The highest BCUT2D eigenvalue weighted by molar-refractivity contribution is 7.13. The Kier molecular flexibility index (Phi) is 3.57. The summed E-state index contributed by atoms with van der Waals surface area (Å²) in [5.41, 5.74) is 0.447. The summed E-state index contributed by atoms with van der Waals surface area (Å²) in [4.78, 5) is 45.7. The maximum Gasteiger partial charge on any atom is 0.332 e. The average molecular weight is 360 g/mol. The van der Waals surface area contributed by atoms with E-state index in [-0.39, 0.29) is 12.1 Å². The zero-order chi connectivity index (χ0) is 17.7. The molecule has 0 bridgehead atoms. The van der Waals surface area contributed by atoms with Crippen molar-refractivity contribution in [2.45, 2.75) is 25.3 Å². The molecule has 1 saturated carbocycles. The third kappa shape index (κ3) is 2.68. The van der Waals surface area contributed by atoms with Crippen LogP contribution in [0, 0.1) is 0 Å². The lowest BCUT2D eigenvalue weighted by Gasteiger charge is -2.08. The van der Waals surface area contributed by atoms with E-state index in [1.54, 1.807) is 7.05 Å². The maximum atomic E-state index is 12.6. The SMILES string of the molecule is Cn1cnc2c1c(=O)n(CC(=O)Nc1nc(C3CC3)cs1)c(=O)n2C. The standard InChI is InChI=1S/C15H16N6O3S/c1-19-7-16-12-11(19)13(23)21(15(24)20(12)2)5-10(22)18-14-17-9(6-25-14)8-3-4-8/h6-8H,3-5H2,1-2H3,(H,17,18,22). The van der Waals surface area contributed by atoms with E-state index < -0.39 is 17.2 Å². The predicted octanol–water partition coefficient (Wildman–Crippen LogP) is 0.406. The van der Waals surface area contributed by atoms with Crippen LogP contribution in [0.5, 0.6) is 0 Å². The molecule has 3 aromatic heterocycles. The Morgan fingerprint density at radius 2 is 2.12 bits per heavy atom. The lowest BCUT2D eigenvalue weighted by Crippen LogP contribution is -2.42. The van der Waals surface area contributed by atoms with Crippen LogP contribution in [0.2, 0.25) is 0 Å². The Labute approximate surface area is 145 Å². The van der Waals surface area contributed by atoms with E-state index in [0.717, 1.165) is 23.1 Å². The van der Waals surface area contributed by atoms with Gasteiger partial charge in [0.1, 0.15) is 6.54 Å². The summed E-state index contributed by atoms with van der Waals surface area (Å²) in [6.45, 7) is -0.370. The van der Waals surface area contributed by atoms with Gasteiger partial charge in [0.05, 0.1) is 12.0 Å². The van der Waals surface area contributed by atoms with Gasteiger partial charge in [0, 0.05) is 25.4 Å². The molecule has 0 atom stereocenters. The number of hydrogen-bond acceptors (Lipinski definition) is 6. The number of nitrogens with zero attached hydrogens (tertiary/aromatic N) is 5. The smallest absolute Gasteiger partial charge is 0.328 e. The van der Waals surface area contributed by atoms with Gasteiger partial charge in [-0.2, -0.15) is 0 Å². The number of hydrogen-bond donors (Lipinski definition) is 1. The van der Waals surface area contributed by atoms with Crippen molar-refractivity contribution in [2.75, 3.05) is 5.32 Å². The lowest BCUT2D eigenvalue weighted by atomic mass is 10.3. The second-order valence-electron chi connectivity index (χ2n) is 6.16. The Morgan fingerprint density at radius 3 is 2.84 bits per heavy atom. The molecular formula is C15H16N6O3S. The van der Waals surface area contributed by atoms with Crippen LogP contribution in [0.25, 0.3) is 11.2 Å². The predicted molar refractivity (Wildman–Crippen MR) is 92.9 cm³/mol. The number of carbonyl (C=O) groups excluding carboxylic acids is 1. The number of fused-ring (bicyclic) bond motifs is 1. The summed E-state index contributed by atoms with van der Waals surface area (Å²) in [5, 5.41) is 5.08. The van der Waals surface area contributed by atoms with Gasteiger partial charge in [-0.3, -0.25) is 14.2 Å². The van der Waals surface area contributed by atoms with Gasteiger partial charge in [0.2, 0.25) is 5.91 Å². The Balaban J connectivity index is 1.63. The number of nitrogens with one attached hydrogen (secondary N) is 1. The lowest BCUT2D eigenvalue weighted by molar-refractivity contribution is -0.116. The maximum absolute atomic E-state index is 12.6. The number of thiazole rings is 1. The third-order valence-electron chi connectivity index (χ3n) is 4.27. The fraction of sp³-hybridized carbons (Fsp3) is 0.400. The van der Waals surface area contributed by atoms with E-state index in [4.69, 9.17) is 0 Å². The first kappa shape index (κ1) is 15.8. The molecule has 25 heavy (non-hydrogen) atoms. The van der Waals surface area contributed by atoms with Crippen LogP contribution in [0.4, 0.5) is 5.13 Å². The van der Waals surface area contributed by atoms with Crippen molar-refractivity contribution in [2.24, 2.45) is 14.1 Å². The third-order valence-corrected chi connectivity index (χ3v) is 5.04. The number of rotatable bonds is 4. The van der Waals surface area contributed by atoms with Crippen LogP contribution >= 0.6 is 11.3 Å². The molecule has 0 radical (unpaired) electrons. The second kappa shape index (κ2) is 5.66. The zero-order valence-corrected chi connectivity index (χ0v) is 14.5. The molecule has 0 unspecified atom stereocenters. The normalized spacial score (nSPS) is 14.2. The molecule has 10 heteroatoms. The molecule has 1 fully saturated rings. The van der Waals surface area contributed by atoms with Crippen LogP contribution in [0.1, 0.15) is 24.5 Å². The van der Waals surface area contributed by atoms with Crippen LogP contribution in [0.15, 0.2) is 21.3 Å².